The van der Waals surface area contributed by atoms with Crippen molar-refractivity contribution in [2.24, 2.45) is 0 Å². The number of nitrogens with one attached hydrogen (secondary N) is 3. The summed E-state index contributed by atoms with van der Waals surface area (Å²) in [4.78, 5) is 22.3. The highest BCUT2D eigenvalue weighted by Gasteiger charge is 2.14. The van der Waals surface area contributed by atoms with Crippen molar-refractivity contribution >= 4 is 23.3 Å². The second-order valence-corrected chi connectivity index (χ2v) is 8.11. The van der Waals surface area contributed by atoms with Crippen molar-refractivity contribution in [2.45, 2.75) is 25.7 Å². The van der Waals surface area contributed by atoms with Gasteiger partial charge in [0, 0.05) is 30.3 Å². The van der Waals surface area contributed by atoms with Crippen LogP contribution in [0, 0.1) is 6.92 Å². The molecule has 4 aromatic rings. The van der Waals surface area contributed by atoms with E-state index in [1.165, 1.54) is 18.4 Å². The predicted octanol–water partition coefficient (Wildman–Crippen LogP) is 4.59. The van der Waals surface area contributed by atoms with Gasteiger partial charge in [-0.05, 0) is 74.2 Å². The van der Waals surface area contributed by atoms with Crippen molar-refractivity contribution in [1.82, 2.24) is 30.2 Å². The number of hydrogen-bond donors (Lipinski definition) is 3. The van der Waals surface area contributed by atoms with Gasteiger partial charge in [-0.1, -0.05) is 18.2 Å². The standard InChI is InChI=1S/C25H26N8/c1-17-4-2-6-21(29-17)24-27-14-11-22(32-24)31-23-12-15-28-25(33-23)30-20-9-7-18(8-10-20)19-5-3-13-26-16-19/h2,4,6-12,14-15,19,26H,3,5,13,16H2,1H3,(H2,27,28,30,31,32,33). The maximum absolute atomic E-state index is 4.58. The Bertz CT molecular complexity index is 1220. The maximum Gasteiger partial charge on any atom is 0.229 e. The Morgan fingerprint density at radius 1 is 0.848 bits per heavy atom. The second-order valence-electron chi connectivity index (χ2n) is 8.11. The van der Waals surface area contributed by atoms with E-state index in [9.17, 15) is 0 Å². The van der Waals surface area contributed by atoms with E-state index < -0.39 is 0 Å². The number of hydrogen-bond acceptors (Lipinski definition) is 8. The third-order valence-electron chi connectivity index (χ3n) is 5.62. The molecule has 1 unspecified atom stereocenters. The quantitative estimate of drug-likeness (QED) is 0.402. The van der Waals surface area contributed by atoms with Crippen LogP contribution < -0.4 is 16.0 Å². The van der Waals surface area contributed by atoms with Crippen LogP contribution in [0.3, 0.4) is 0 Å². The minimum Gasteiger partial charge on any atom is -0.325 e. The fraction of sp³-hybridized carbons (Fsp3) is 0.240. The van der Waals surface area contributed by atoms with E-state index in [4.69, 9.17) is 0 Å². The Labute approximate surface area is 193 Å². The molecule has 33 heavy (non-hydrogen) atoms. The highest BCUT2D eigenvalue weighted by Crippen LogP contribution is 2.25. The number of nitrogens with zero attached hydrogens (tertiary/aromatic N) is 5. The van der Waals surface area contributed by atoms with Crippen LogP contribution in [0.25, 0.3) is 11.5 Å². The average molecular weight is 439 g/mol. The summed E-state index contributed by atoms with van der Waals surface area (Å²) in [6.45, 7) is 4.12. The molecule has 3 aromatic heterocycles. The molecule has 1 aromatic carbocycles. The van der Waals surface area contributed by atoms with E-state index in [0.717, 1.165) is 30.2 Å². The Balaban J connectivity index is 1.27. The van der Waals surface area contributed by atoms with E-state index in [1.807, 2.05) is 25.1 Å². The van der Waals surface area contributed by atoms with Crippen LogP contribution in [-0.4, -0.2) is 38.0 Å². The van der Waals surface area contributed by atoms with Crippen molar-refractivity contribution < 1.29 is 0 Å². The van der Waals surface area contributed by atoms with E-state index in [1.54, 1.807) is 24.5 Å². The third-order valence-corrected chi connectivity index (χ3v) is 5.62. The van der Waals surface area contributed by atoms with Gasteiger partial charge in [-0.25, -0.2) is 19.9 Å². The summed E-state index contributed by atoms with van der Waals surface area (Å²) in [6.07, 6.45) is 5.89. The van der Waals surface area contributed by atoms with Crippen molar-refractivity contribution in [1.29, 1.82) is 0 Å². The van der Waals surface area contributed by atoms with Crippen molar-refractivity contribution in [3.05, 3.63) is 78.2 Å². The Morgan fingerprint density at radius 3 is 2.45 bits per heavy atom. The summed E-state index contributed by atoms with van der Waals surface area (Å²) < 4.78 is 0. The largest absolute Gasteiger partial charge is 0.325 e. The van der Waals surface area contributed by atoms with Crippen LogP contribution >= 0.6 is 0 Å². The highest BCUT2D eigenvalue weighted by molar-refractivity contribution is 5.59. The molecule has 1 saturated heterocycles. The summed E-state index contributed by atoms with van der Waals surface area (Å²) in [6, 6.07) is 17.9. The molecule has 5 rings (SSSR count). The van der Waals surface area contributed by atoms with Gasteiger partial charge in [0.15, 0.2) is 5.82 Å². The lowest BCUT2D eigenvalue weighted by Crippen LogP contribution is -2.28. The summed E-state index contributed by atoms with van der Waals surface area (Å²) in [5.74, 6) is 2.94. The van der Waals surface area contributed by atoms with E-state index in [0.29, 0.717) is 29.3 Å². The molecule has 0 amide bonds. The van der Waals surface area contributed by atoms with Crippen LogP contribution in [0.2, 0.25) is 0 Å². The van der Waals surface area contributed by atoms with Gasteiger partial charge in [0.1, 0.15) is 17.3 Å². The highest BCUT2D eigenvalue weighted by atomic mass is 15.2. The van der Waals surface area contributed by atoms with Gasteiger partial charge < -0.3 is 16.0 Å². The van der Waals surface area contributed by atoms with Gasteiger partial charge in [-0.15, -0.1) is 0 Å². The molecule has 0 bridgehead atoms. The maximum atomic E-state index is 4.58. The molecule has 0 radical (unpaired) electrons. The Kier molecular flexibility index (Phi) is 6.16. The average Bonchev–Trinajstić information content (AvgIpc) is 2.85. The first-order valence-electron chi connectivity index (χ1n) is 11.2. The van der Waals surface area contributed by atoms with E-state index in [-0.39, 0.29) is 0 Å². The molecular weight excluding hydrogens is 412 g/mol. The summed E-state index contributed by atoms with van der Waals surface area (Å²) in [5, 5.41) is 9.99. The fourth-order valence-corrected chi connectivity index (χ4v) is 3.94. The molecule has 4 heterocycles. The number of pyridine rings is 1. The minimum absolute atomic E-state index is 0.515. The van der Waals surface area contributed by atoms with Gasteiger partial charge in [-0.3, -0.25) is 0 Å². The first-order valence-corrected chi connectivity index (χ1v) is 11.2. The molecular formula is C25H26N8. The molecule has 8 heteroatoms. The summed E-state index contributed by atoms with van der Waals surface area (Å²) >= 11 is 0. The number of benzene rings is 1. The number of aryl methyl sites for hydroxylation is 1. The molecule has 166 valence electrons. The van der Waals surface area contributed by atoms with Crippen LogP contribution in [0.4, 0.5) is 23.3 Å². The lowest BCUT2D eigenvalue weighted by molar-refractivity contribution is 0.461. The molecule has 3 N–H and O–H groups in total. The van der Waals surface area contributed by atoms with Gasteiger partial charge >= 0.3 is 0 Å². The van der Waals surface area contributed by atoms with Crippen molar-refractivity contribution in [3.63, 3.8) is 0 Å². The fourth-order valence-electron chi connectivity index (χ4n) is 3.94. The van der Waals surface area contributed by atoms with Crippen LogP contribution in [0.5, 0.6) is 0 Å². The Hall–Kier alpha value is -3.91. The number of rotatable bonds is 6. The summed E-state index contributed by atoms with van der Waals surface area (Å²) in [5.41, 5.74) is 3.97. The lowest BCUT2D eigenvalue weighted by Gasteiger charge is -2.23. The first-order chi connectivity index (χ1) is 16.2. The molecule has 1 aliphatic heterocycles. The van der Waals surface area contributed by atoms with Gasteiger partial charge in [0.2, 0.25) is 5.95 Å². The second kappa shape index (κ2) is 9.70. The van der Waals surface area contributed by atoms with E-state index >= 15 is 0 Å². The molecule has 1 aliphatic rings. The summed E-state index contributed by atoms with van der Waals surface area (Å²) in [7, 11) is 0. The molecule has 0 aliphatic carbocycles. The number of anilines is 4. The number of aromatic nitrogens is 5. The molecule has 0 spiro atoms. The SMILES string of the molecule is Cc1cccc(-c2nccc(Nc3ccnc(Nc4ccc(C5CCCNC5)cc4)n3)n2)n1. The molecule has 1 atom stereocenters. The minimum atomic E-state index is 0.515. The van der Waals surface area contributed by atoms with Gasteiger partial charge in [0.25, 0.3) is 0 Å². The van der Waals surface area contributed by atoms with Crippen molar-refractivity contribution in [2.75, 3.05) is 23.7 Å². The Morgan fingerprint density at radius 2 is 1.67 bits per heavy atom. The third kappa shape index (κ3) is 5.30. The normalized spacial score (nSPS) is 15.7. The zero-order valence-corrected chi connectivity index (χ0v) is 18.5. The molecule has 0 saturated carbocycles. The zero-order chi connectivity index (χ0) is 22.5. The van der Waals surface area contributed by atoms with Gasteiger partial charge in [-0.2, -0.15) is 4.98 Å². The van der Waals surface area contributed by atoms with Crippen LogP contribution in [0.15, 0.2) is 67.0 Å². The van der Waals surface area contributed by atoms with Gasteiger partial charge in [0.05, 0.1) is 0 Å². The van der Waals surface area contributed by atoms with Crippen molar-refractivity contribution in [3.8, 4) is 11.5 Å². The predicted molar refractivity (Wildman–Crippen MR) is 130 cm³/mol. The number of piperidine rings is 1. The first kappa shape index (κ1) is 21.0. The lowest BCUT2D eigenvalue weighted by atomic mass is 9.92. The van der Waals surface area contributed by atoms with E-state index in [2.05, 4.69) is 65.1 Å². The molecule has 1 fully saturated rings. The van der Waals surface area contributed by atoms with Crippen LogP contribution in [-0.2, 0) is 0 Å². The smallest absolute Gasteiger partial charge is 0.229 e. The zero-order valence-electron chi connectivity index (χ0n) is 18.5. The molecule has 8 nitrogen and oxygen atoms in total. The topological polar surface area (TPSA) is 101 Å². The van der Waals surface area contributed by atoms with Crippen LogP contribution in [0.1, 0.15) is 30.0 Å². The monoisotopic (exact) mass is 438 g/mol.